The summed E-state index contributed by atoms with van der Waals surface area (Å²) in [5.41, 5.74) is 0.342. The summed E-state index contributed by atoms with van der Waals surface area (Å²) in [5.74, 6) is -1.94. The lowest BCUT2D eigenvalue weighted by molar-refractivity contribution is -0.133. The van der Waals surface area contributed by atoms with E-state index in [2.05, 4.69) is 6.58 Å². The summed E-state index contributed by atoms with van der Waals surface area (Å²) in [7, 11) is 0. The van der Waals surface area contributed by atoms with Crippen molar-refractivity contribution >= 4 is 11.9 Å². The Labute approximate surface area is 119 Å². The average Bonchev–Trinajstić information content (AvgIpc) is 2.35. The molecule has 0 rings (SSSR count). The van der Waals surface area contributed by atoms with Gasteiger partial charge in [-0.2, -0.15) is 0 Å². The molecule has 0 saturated heterocycles. The summed E-state index contributed by atoms with van der Waals surface area (Å²) in [6.45, 7) is 6.23. The predicted molar refractivity (Wildman–Crippen MR) is 75.4 cm³/mol. The lowest BCUT2D eigenvalue weighted by Gasteiger charge is -2.05. The van der Waals surface area contributed by atoms with Crippen molar-refractivity contribution in [3.63, 3.8) is 0 Å². The van der Waals surface area contributed by atoms with Gasteiger partial charge in [0, 0.05) is 17.8 Å². The van der Waals surface area contributed by atoms with Gasteiger partial charge in [0.1, 0.15) is 0 Å². The fourth-order valence-electron chi connectivity index (χ4n) is 1.09. The van der Waals surface area contributed by atoms with E-state index in [9.17, 15) is 14.7 Å². The molecule has 116 valence electrons. The van der Waals surface area contributed by atoms with E-state index in [4.69, 9.17) is 15.3 Å². The fraction of sp³-hybridized carbons (Fsp3) is 0.571. The first-order valence-electron chi connectivity index (χ1n) is 6.31. The molecule has 4 N–H and O–H groups in total. The van der Waals surface area contributed by atoms with Crippen molar-refractivity contribution in [3.05, 3.63) is 23.8 Å². The van der Waals surface area contributed by atoms with E-state index < -0.39 is 18.0 Å². The highest BCUT2D eigenvalue weighted by atomic mass is 16.4. The highest BCUT2D eigenvalue weighted by molar-refractivity contribution is 5.85. The fourth-order valence-corrected chi connectivity index (χ4v) is 1.09. The highest BCUT2D eigenvalue weighted by Crippen LogP contribution is 2.06. The van der Waals surface area contributed by atoms with Gasteiger partial charge in [0.15, 0.2) is 0 Å². The molecule has 6 heteroatoms. The van der Waals surface area contributed by atoms with Crippen LogP contribution in [0, 0.1) is 0 Å². The number of carbonyl (C=O) groups is 2. The number of aliphatic carboxylic acids is 2. The largest absolute Gasteiger partial charge is 0.478 e. The highest BCUT2D eigenvalue weighted by Gasteiger charge is 2.04. The van der Waals surface area contributed by atoms with E-state index in [0.717, 1.165) is 19.3 Å². The molecule has 0 aromatic rings. The van der Waals surface area contributed by atoms with E-state index in [0.29, 0.717) is 6.42 Å². The summed E-state index contributed by atoms with van der Waals surface area (Å²) in [4.78, 5) is 20.0. The molecule has 0 heterocycles. The summed E-state index contributed by atoms with van der Waals surface area (Å²) in [6, 6.07) is 0. The zero-order valence-electron chi connectivity index (χ0n) is 12.0. The van der Waals surface area contributed by atoms with Crippen LogP contribution in [-0.4, -0.2) is 45.1 Å². The van der Waals surface area contributed by atoms with Crippen LogP contribution in [0.2, 0.25) is 0 Å². The molecule has 0 amide bonds. The van der Waals surface area contributed by atoms with Gasteiger partial charge in [-0.05, 0) is 32.8 Å². The smallest absolute Gasteiger partial charge is 0.331 e. The molecular formula is C14H24O6. The first-order valence-corrected chi connectivity index (χ1v) is 6.31. The van der Waals surface area contributed by atoms with Gasteiger partial charge in [-0.3, -0.25) is 0 Å². The average molecular weight is 288 g/mol. The minimum absolute atomic E-state index is 0.166. The monoisotopic (exact) mass is 288 g/mol. The van der Waals surface area contributed by atoms with E-state index in [-0.39, 0.29) is 17.8 Å². The van der Waals surface area contributed by atoms with E-state index in [1.165, 1.54) is 19.9 Å². The molecule has 0 radical (unpaired) electrons. The topological polar surface area (TPSA) is 115 Å². The Bertz CT molecular complexity index is 334. The van der Waals surface area contributed by atoms with Crippen molar-refractivity contribution in [1.82, 2.24) is 0 Å². The predicted octanol–water partition coefficient (Wildman–Crippen LogP) is 1.58. The number of aliphatic hydroxyl groups excluding tert-OH is 2. The molecule has 0 aliphatic carbocycles. The van der Waals surface area contributed by atoms with Crippen LogP contribution >= 0.6 is 0 Å². The lowest BCUT2D eigenvalue weighted by Crippen LogP contribution is -2.06. The number of carboxylic acids is 2. The third kappa shape index (κ3) is 14.4. The number of carboxylic acid groups (broad SMARTS) is 2. The standard InChI is InChI=1S/C10H18O4.C4H6O2/c1-8(10(13)14)7-9(12)5-3-2-4-6-11;1-3(2)4(5)6/h7,9,11-12H,2-6H2,1H3,(H,13,14);1H2,2H3,(H,5,6). The van der Waals surface area contributed by atoms with Gasteiger partial charge in [0.05, 0.1) is 6.10 Å². The molecular weight excluding hydrogens is 264 g/mol. The van der Waals surface area contributed by atoms with Crippen molar-refractivity contribution < 1.29 is 30.0 Å². The Hall–Kier alpha value is -1.66. The van der Waals surface area contributed by atoms with Gasteiger partial charge < -0.3 is 20.4 Å². The molecule has 0 aromatic heterocycles. The number of hydrogen-bond donors (Lipinski definition) is 4. The summed E-state index contributed by atoms with van der Waals surface area (Å²) in [5, 5.41) is 34.3. The van der Waals surface area contributed by atoms with Gasteiger partial charge in [-0.1, -0.05) is 19.4 Å². The van der Waals surface area contributed by atoms with Crippen molar-refractivity contribution in [2.45, 2.75) is 45.6 Å². The zero-order chi connectivity index (χ0) is 16.1. The second-order valence-electron chi connectivity index (χ2n) is 4.38. The Balaban J connectivity index is 0. The van der Waals surface area contributed by atoms with Crippen molar-refractivity contribution in [3.8, 4) is 0 Å². The van der Waals surface area contributed by atoms with Crippen molar-refractivity contribution in [1.29, 1.82) is 0 Å². The van der Waals surface area contributed by atoms with Crippen LogP contribution < -0.4 is 0 Å². The van der Waals surface area contributed by atoms with Crippen LogP contribution in [0.5, 0.6) is 0 Å². The molecule has 1 unspecified atom stereocenters. The number of unbranched alkanes of at least 4 members (excludes halogenated alkanes) is 2. The Morgan fingerprint density at radius 2 is 1.60 bits per heavy atom. The van der Waals surface area contributed by atoms with E-state index >= 15 is 0 Å². The molecule has 0 aliphatic rings. The van der Waals surface area contributed by atoms with Gasteiger partial charge in [-0.15, -0.1) is 0 Å². The molecule has 20 heavy (non-hydrogen) atoms. The molecule has 0 saturated carbocycles. The molecule has 0 aromatic carbocycles. The van der Waals surface area contributed by atoms with Crippen molar-refractivity contribution in [2.24, 2.45) is 0 Å². The van der Waals surface area contributed by atoms with E-state index in [1.807, 2.05) is 0 Å². The van der Waals surface area contributed by atoms with E-state index in [1.54, 1.807) is 0 Å². The van der Waals surface area contributed by atoms with Crippen LogP contribution in [0.4, 0.5) is 0 Å². The molecule has 0 bridgehead atoms. The number of rotatable bonds is 8. The number of hydrogen-bond acceptors (Lipinski definition) is 4. The maximum Gasteiger partial charge on any atom is 0.331 e. The Morgan fingerprint density at radius 3 is 1.95 bits per heavy atom. The van der Waals surface area contributed by atoms with Crippen LogP contribution in [0.1, 0.15) is 39.5 Å². The first-order chi connectivity index (χ1) is 9.22. The summed E-state index contributed by atoms with van der Waals surface area (Å²) >= 11 is 0. The summed E-state index contributed by atoms with van der Waals surface area (Å²) < 4.78 is 0. The third-order valence-electron chi connectivity index (χ3n) is 2.30. The van der Waals surface area contributed by atoms with Gasteiger partial charge >= 0.3 is 11.9 Å². The molecule has 0 fully saturated rings. The minimum Gasteiger partial charge on any atom is -0.478 e. The molecule has 6 nitrogen and oxygen atoms in total. The third-order valence-corrected chi connectivity index (χ3v) is 2.30. The maximum absolute atomic E-state index is 10.4. The van der Waals surface area contributed by atoms with Gasteiger partial charge in [0.25, 0.3) is 0 Å². The summed E-state index contributed by atoms with van der Waals surface area (Å²) in [6.07, 6.45) is 3.59. The van der Waals surface area contributed by atoms with Crippen LogP contribution in [0.25, 0.3) is 0 Å². The van der Waals surface area contributed by atoms with Crippen molar-refractivity contribution in [2.75, 3.05) is 6.61 Å². The second kappa shape index (κ2) is 12.4. The lowest BCUT2D eigenvalue weighted by atomic mass is 10.1. The maximum atomic E-state index is 10.4. The van der Waals surface area contributed by atoms with Crippen LogP contribution in [0.3, 0.4) is 0 Å². The molecule has 1 atom stereocenters. The molecule has 0 spiro atoms. The normalized spacial score (nSPS) is 12.1. The van der Waals surface area contributed by atoms with Gasteiger partial charge in [-0.25, -0.2) is 9.59 Å². The Kier molecular flexibility index (Phi) is 12.8. The molecule has 0 aliphatic heterocycles. The quantitative estimate of drug-likeness (QED) is 0.398. The Morgan fingerprint density at radius 1 is 1.10 bits per heavy atom. The van der Waals surface area contributed by atoms with Crippen LogP contribution in [-0.2, 0) is 9.59 Å². The SMILES string of the molecule is C=C(C)C(=O)O.CC(=CC(O)CCCCCO)C(=O)O. The minimum atomic E-state index is -1.00. The second-order valence-corrected chi connectivity index (χ2v) is 4.38. The van der Waals surface area contributed by atoms with Gasteiger partial charge in [0.2, 0.25) is 0 Å². The van der Waals surface area contributed by atoms with Crippen LogP contribution in [0.15, 0.2) is 23.8 Å². The zero-order valence-corrected chi connectivity index (χ0v) is 12.0. The first kappa shape index (κ1) is 20.7. The number of aliphatic hydroxyl groups is 2.